The molecule has 0 spiro atoms. The zero-order valence-corrected chi connectivity index (χ0v) is 10.4. The van der Waals surface area contributed by atoms with Crippen molar-refractivity contribution in [2.24, 2.45) is 0 Å². The molecule has 0 bridgehead atoms. The third kappa shape index (κ3) is 3.01. The van der Waals surface area contributed by atoms with E-state index in [1.54, 1.807) is 12.3 Å². The topological polar surface area (TPSA) is 65.3 Å². The molecule has 5 nitrogen and oxygen atoms in total. The number of nitrogens with zero attached hydrogens (tertiary/aromatic N) is 2. The number of hydrogen-bond acceptors (Lipinski definition) is 4. The molecule has 1 aromatic carbocycles. The van der Waals surface area contributed by atoms with Crippen LogP contribution in [-0.2, 0) is 0 Å². The van der Waals surface area contributed by atoms with Crippen LogP contribution in [0.3, 0.4) is 0 Å². The first kappa shape index (κ1) is 12.4. The first-order chi connectivity index (χ1) is 8.54. The van der Waals surface area contributed by atoms with E-state index in [9.17, 15) is 14.5 Å². The van der Waals surface area contributed by atoms with Gasteiger partial charge in [-0.25, -0.2) is 4.39 Å². The third-order valence-corrected chi connectivity index (χ3v) is 2.42. The van der Waals surface area contributed by atoms with Crippen molar-refractivity contribution in [1.29, 1.82) is 0 Å². The van der Waals surface area contributed by atoms with Gasteiger partial charge in [-0.05, 0) is 22.0 Å². The molecule has 0 aliphatic rings. The van der Waals surface area contributed by atoms with Crippen LogP contribution in [0.4, 0.5) is 10.1 Å². The summed E-state index contributed by atoms with van der Waals surface area (Å²) >= 11 is 3.20. The minimum absolute atomic E-state index is 0.0431. The summed E-state index contributed by atoms with van der Waals surface area (Å²) in [5.41, 5.74) is -0.368. The van der Waals surface area contributed by atoms with Gasteiger partial charge in [0.2, 0.25) is 0 Å². The van der Waals surface area contributed by atoms with E-state index in [0.29, 0.717) is 10.2 Å². The van der Waals surface area contributed by atoms with Gasteiger partial charge in [0.15, 0.2) is 0 Å². The van der Waals surface area contributed by atoms with Crippen LogP contribution < -0.4 is 4.74 Å². The van der Waals surface area contributed by atoms with Gasteiger partial charge < -0.3 is 4.74 Å². The summed E-state index contributed by atoms with van der Waals surface area (Å²) in [4.78, 5) is 13.8. The van der Waals surface area contributed by atoms with Crippen molar-refractivity contribution in [2.75, 3.05) is 0 Å². The lowest BCUT2D eigenvalue weighted by Crippen LogP contribution is -1.92. The van der Waals surface area contributed by atoms with Gasteiger partial charge in [0.05, 0.1) is 23.3 Å². The number of aromatic nitrogens is 1. The number of benzene rings is 1. The highest BCUT2D eigenvalue weighted by Crippen LogP contribution is 2.27. The van der Waals surface area contributed by atoms with E-state index in [2.05, 4.69) is 20.9 Å². The highest BCUT2D eigenvalue weighted by Gasteiger charge is 2.11. The number of halogens is 2. The molecule has 7 heteroatoms. The largest absolute Gasteiger partial charge is 0.455 e. The van der Waals surface area contributed by atoms with Gasteiger partial charge in [0.1, 0.15) is 17.3 Å². The molecular formula is C11H6BrFN2O3. The number of non-ortho nitro benzene ring substituents is 1. The maximum absolute atomic E-state index is 13.2. The predicted octanol–water partition coefficient (Wildman–Crippen LogP) is 3.68. The molecule has 0 amide bonds. The average Bonchev–Trinajstić information content (AvgIpc) is 2.28. The lowest BCUT2D eigenvalue weighted by molar-refractivity contribution is -0.385. The average molecular weight is 313 g/mol. The summed E-state index contributed by atoms with van der Waals surface area (Å²) in [6, 6.07) is 4.65. The van der Waals surface area contributed by atoms with Crippen LogP contribution in [0.5, 0.6) is 11.5 Å². The molecule has 0 aliphatic carbocycles. The van der Waals surface area contributed by atoms with Crippen LogP contribution >= 0.6 is 15.9 Å². The molecular weight excluding hydrogens is 307 g/mol. The quantitative estimate of drug-likeness (QED) is 0.640. The van der Waals surface area contributed by atoms with Crippen LogP contribution in [0.2, 0.25) is 0 Å². The molecule has 0 saturated carbocycles. The molecule has 18 heavy (non-hydrogen) atoms. The van der Waals surface area contributed by atoms with Crippen molar-refractivity contribution in [3.05, 3.63) is 57.1 Å². The fourth-order valence-corrected chi connectivity index (χ4v) is 1.64. The number of nitro groups is 1. The molecule has 0 saturated heterocycles. The molecule has 0 unspecified atom stereocenters. The lowest BCUT2D eigenvalue weighted by Gasteiger charge is -2.05. The van der Waals surface area contributed by atoms with E-state index in [1.165, 1.54) is 6.20 Å². The molecule has 0 aliphatic heterocycles. The number of pyridine rings is 1. The SMILES string of the molecule is O=[N+]([O-])c1cc(F)cc(Oc2cncc(Br)c2)c1. The number of nitro benzene ring substituents is 1. The van der Waals surface area contributed by atoms with Crippen molar-refractivity contribution in [3.63, 3.8) is 0 Å². The number of hydrogen-bond donors (Lipinski definition) is 0. The van der Waals surface area contributed by atoms with E-state index in [1.807, 2.05) is 0 Å². The van der Waals surface area contributed by atoms with E-state index in [4.69, 9.17) is 4.74 Å². The van der Waals surface area contributed by atoms with Gasteiger partial charge in [-0.15, -0.1) is 0 Å². The Balaban J connectivity index is 2.31. The molecule has 2 rings (SSSR count). The molecule has 0 fully saturated rings. The monoisotopic (exact) mass is 312 g/mol. The Kier molecular flexibility index (Phi) is 3.52. The van der Waals surface area contributed by atoms with Gasteiger partial charge in [-0.3, -0.25) is 15.1 Å². The first-order valence-corrected chi connectivity index (χ1v) is 5.57. The summed E-state index contributed by atoms with van der Waals surface area (Å²) in [7, 11) is 0. The van der Waals surface area contributed by atoms with E-state index in [-0.39, 0.29) is 11.4 Å². The minimum Gasteiger partial charge on any atom is -0.455 e. The molecule has 1 heterocycles. The molecule has 0 N–H and O–H groups in total. The molecule has 0 radical (unpaired) electrons. The van der Waals surface area contributed by atoms with Crippen molar-refractivity contribution >= 4 is 21.6 Å². The smallest absolute Gasteiger partial charge is 0.276 e. The highest BCUT2D eigenvalue weighted by atomic mass is 79.9. The zero-order valence-electron chi connectivity index (χ0n) is 8.84. The van der Waals surface area contributed by atoms with Crippen molar-refractivity contribution < 1.29 is 14.1 Å². The van der Waals surface area contributed by atoms with Crippen LogP contribution in [0, 0.1) is 15.9 Å². The molecule has 92 valence electrons. The zero-order chi connectivity index (χ0) is 13.1. The Morgan fingerprint density at radius 1 is 1.22 bits per heavy atom. The lowest BCUT2D eigenvalue weighted by atomic mass is 10.3. The summed E-state index contributed by atoms with van der Waals surface area (Å²) < 4.78 is 19.1. The summed E-state index contributed by atoms with van der Waals surface area (Å²) in [6.45, 7) is 0. The van der Waals surface area contributed by atoms with Crippen molar-refractivity contribution in [1.82, 2.24) is 4.98 Å². The second-order valence-electron chi connectivity index (χ2n) is 3.34. The highest BCUT2D eigenvalue weighted by molar-refractivity contribution is 9.10. The number of ether oxygens (including phenoxy) is 1. The molecule has 2 aromatic rings. The first-order valence-electron chi connectivity index (χ1n) is 4.78. The van der Waals surface area contributed by atoms with E-state index in [0.717, 1.165) is 18.2 Å². The standard InChI is InChI=1S/C11H6BrFN2O3/c12-7-1-11(6-14-5-7)18-10-3-8(13)2-9(4-10)15(16)17/h1-6H. The van der Waals surface area contributed by atoms with Gasteiger partial charge >= 0.3 is 0 Å². The van der Waals surface area contributed by atoms with Gasteiger partial charge in [0, 0.05) is 16.7 Å². The Hall–Kier alpha value is -2.02. The van der Waals surface area contributed by atoms with Gasteiger partial charge in [-0.2, -0.15) is 0 Å². The Bertz CT molecular complexity index is 607. The van der Waals surface area contributed by atoms with Gasteiger partial charge in [0.25, 0.3) is 5.69 Å². The van der Waals surface area contributed by atoms with Gasteiger partial charge in [-0.1, -0.05) is 0 Å². The second kappa shape index (κ2) is 5.09. The minimum atomic E-state index is -0.734. The predicted molar refractivity (Wildman–Crippen MR) is 65.1 cm³/mol. The maximum atomic E-state index is 13.2. The Labute approximate surface area is 110 Å². The van der Waals surface area contributed by atoms with Crippen LogP contribution in [0.15, 0.2) is 41.1 Å². The fraction of sp³-hybridized carbons (Fsp3) is 0. The second-order valence-corrected chi connectivity index (χ2v) is 4.26. The van der Waals surface area contributed by atoms with E-state index < -0.39 is 10.7 Å². The van der Waals surface area contributed by atoms with E-state index >= 15 is 0 Å². The summed E-state index contributed by atoms with van der Waals surface area (Å²) in [5, 5.41) is 10.6. The summed E-state index contributed by atoms with van der Waals surface area (Å²) in [5.74, 6) is -0.340. The third-order valence-electron chi connectivity index (χ3n) is 1.98. The Morgan fingerprint density at radius 2 is 2.00 bits per heavy atom. The maximum Gasteiger partial charge on any atom is 0.276 e. The van der Waals surface area contributed by atoms with Crippen molar-refractivity contribution in [2.45, 2.75) is 0 Å². The van der Waals surface area contributed by atoms with Crippen LogP contribution in [0.25, 0.3) is 0 Å². The fourth-order valence-electron chi connectivity index (χ4n) is 1.30. The molecule has 1 aromatic heterocycles. The van der Waals surface area contributed by atoms with Crippen LogP contribution in [0.1, 0.15) is 0 Å². The Morgan fingerprint density at radius 3 is 2.67 bits per heavy atom. The number of rotatable bonds is 3. The summed E-state index contributed by atoms with van der Waals surface area (Å²) in [6.07, 6.45) is 2.97. The normalized spacial score (nSPS) is 10.1. The molecule has 0 atom stereocenters. The van der Waals surface area contributed by atoms with Crippen LogP contribution in [-0.4, -0.2) is 9.91 Å². The van der Waals surface area contributed by atoms with Crippen molar-refractivity contribution in [3.8, 4) is 11.5 Å².